The van der Waals surface area contributed by atoms with Crippen molar-refractivity contribution in [1.82, 2.24) is 14.8 Å². The van der Waals surface area contributed by atoms with Crippen molar-refractivity contribution in [3.05, 3.63) is 71.0 Å². The molecule has 0 spiro atoms. The van der Waals surface area contributed by atoms with Crippen molar-refractivity contribution < 1.29 is 4.79 Å². The Balaban J connectivity index is 1.39. The summed E-state index contributed by atoms with van der Waals surface area (Å²) in [6.07, 6.45) is 1.11. The van der Waals surface area contributed by atoms with Crippen LogP contribution in [0.15, 0.2) is 53.7 Å². The lowest BCUT2D eigenvalue weighted by molar-refractivity contribution is -0.113. The first-order chi connectivity index (χ1) is 14.0. The number of nitrogens with zero attached hydrogens (tertiary/aromatic N) is 3. The Hall–Kier alpha value is -2.60. The quantitative estimate of drug-likeness (QED) is 0.566. The van der Waals surface area contributed by atoms with Crippen LogP contribution in [0.3, 0.4) is 0 Å². The van der Waals surface area contributed by atoms with E-state index >= 15 is 0 Å². The highest BCUT2D eigenvalue weighted by Crippen LogP contribution is 2.54. The first kappa shape index (κ1) is 19.7. The van der Waals surface area contributed by atoms with Gasteiger partial charge < -0.3 is 9.88 Å². The molecule has 1 aliphatic carbocycles. The van der Waals surface area contributed by atoms with Crippen molar-refractivity contribution >= 4 is 23.4 Å². The van der Waals surface area contributed by atoms with E-state index in [0.717, 1.165) is 40.8 Å². The average Bonchev–Trinajstić information content (AvgIpc) is 3.38. The van der Waals surface area contributed by atoms with Crippen LogP contribution in [0.5, 0.6) is 0 Å². The second-order valence-electron chi connectivity index (χ2n) is 7.66. The third-order valence-corrected chi connectivity index (χ3v) is 6.22. The standard InChI is InChI=1S/C23H26N4OS/c1-4-27-22(20-13-19(20)17-8-6-5-7-9-17)25-26-23(27)29-14-21(28)24-18-11-15(2)10-16(3)12-18/h5-12,19-20H,4,13-14H2,1-3H3,(H,24,28). The van der Waals surface area contributed by atoms with E-state index in [2.05, 4.69) is 57.3 Å². The molecule has 2 aromatic carbocycles. The molecule has 3 aromatic rings. The molecule has 1 amide bonds. The van der Waals surface area contributed by atoms with Crippen LogP contribution in [-0.4, -0.2) is 26.4 Å². The van der Waals surface area contributed by atoms with Crippen molar-refractivity contribution in [2.24, 2.45) is 0 Å². The summed E-state index contributed by atoms with van der Waals surface area (Å²) in [4.78, 5) is 12.4. The number of aryl methyl sites for hydroxylation is 2. The van der Waals surface area contributed by atoms with Crippen LogP contribution in [0.25, 0.3) is 0 Å². The topological polar surface area (TPSA) is 59.8 Å². The minimum Gasteiger partial charge on any atom is -0.325 e. The number of carbonyl (C=O) groups is 1. The maximum atomic E-state index is 12.4. The molecule has 1 aliphatic rings. The lowest BCUT2D eigenvalue weighted by Crippen LogP contribution is -2.15. The third-order valence-electron chi connectivity index (χ3n) is 5.25. The molecule has 29 heavy (non-hydrogen) atoms. The molecule has 2 atom stereocenters. The minimum absolute atomic E-state index is 0.0270. The molecule has 1 saturated carbocycles. The van der Waals surface area contributed by atoms with Crippen molar-refractivity contribution in [3.63, 3.8) is 0 Å². The molecule has 0 saturated heterocycles. The van der Waals surface area contributed by atoms with Gasteiger partial charge in [0.05, 0.1) is 5.75 Å². The van der Waals surface area contributed by atoms with E-state index in [1.807, 2.05) is 32.0 Å². The Bertz CT molecular complexity index is 995. The van der Waals surface area contributed by atoms with Gasteiger partial charge in [0.1, 0.15) is 5.82 Å². The molecule has 6 heteroatoms. The second-order valence-corrected chi connectivity index (χ2v) is 8.60. The van der Waals surface area contributed by atoms with Gasteiger partial charge in [-0.05, 0) is 61.9 Å². The van der Waals surface area contributed by atoms with Gasteiger partial charge in [0.15, 0.2) is 5.16 Å². The molecule has 0 bridgehead atoms. The molecule has 1 fully saturated rings. The molecule has 2 unspecified atom stereocenters. The van der Waals surface area contributed by atoms with Crippen LogP contribution < -0.4 is 5.32 Å². The highest BCUT2D eigenvalue weighted by Gasteiger charge is 2.43. The molecule has 1 N–H and O–H groups in total. The van der Waals surface area contributed by atoms with E-state index in [0.29, 0.717) is 17.6 Å². The first-order valence-corrected chi connectivity index (χ1v) is 11.0. The number of rotatable bonds is 7. The summed E-state index contributed by atoms with van der Waals surface area (Å²) in [5.74, 6) is 2.27. The van der Waals surface area contributed by atoms with E-state index in [9.17, 15) is 4.79 Å². The van der Waals surface area contributed by atoms with Crippen LogP contribution in [0, 0.1) is 13.8 Å². The summed E-state index contributed by atoms with van der Waals surface area (Å²) in [5.41, 5.74) is 4.49. The lowest BCUT2D eigenvalue weighted by Gasteiger charge is -2.09. The molecule has 1 aromatic heterocycles. The number of amides is 1. The van der Waals surface area contributed by atoms with Crippen LogP contribution >= 0.6 is 11.8 Å². The SMILES string of the molecule is CCn1c(SCC(=O)Nc2cc(C)cc(C)c2)nnc1C1CC1c1ccccc1. The van der Waals surface area contributed by atoms with E-state index < -0.39 is 0 Å². The fourth-order valence-electron chi connectivity index (χ4n) is 3.90. The molecular formula is C23H26N4OS. The predicted molar refractivity (Wildman–Crippen MR) is 118 cm³/mol. The Kier molecular flexibility index (Phi) is 5.72. The van der Waals surface area contributed by atoms with E-state index in [1.54, 1.807) is 0 Å². The van der Waals surface area contributed by atoms with Gasteiger partial charge in [0.25, 0.3) is 0 Å². The number of hydrogen-bond acceptors (Lipinski definition) is 4. The largest absolute Gasteiger partial charge is 0.325 e. The predicted octanol–water partition coefficient (Wildman–Crippen LogP) is 4.92. The van der Waals surface area contributed by atoms with Crippen molar-refractivity contribution in [2.45, 2.75) is 50.7 Å². The maximum Gasteiger partial charge on any atom is 0.234 e. The Morgan fingerprint density at radius 3 is 2.52 bits per heavy atom. The normalized spacial score (nSPS) is 17.9. The van der Waals surface area contributed by atoms with E-state index in [-0.39, 0.29) is 5.91 Å². The van der Waals surface area contributed by atoms with Crippen LogP contribution in [0.2, 0.25) is 0 Å². The molecule has 0 aliphatic heterocycles. The monoisotopic (exact) mass is 406 g/mol. The molecule has 0 radical (unpaired) electrons. The number of thioether (sulfide) groups is 1. The van der Waals surface area contributed by atoms with Gasteiger partial charge in [-0.3, -0.25) is 4.79 Å². The van der Waals surface area contributed by atoms with Crippen molar-refractivity contribution in [1.29, 1.82) is 0 Å². The summed E-state index contributed by atoms with van der Waals surface area (Å²) in [7, 11) is 0. The number of hydrogen-bond donors (Lipinski definition) is 1. The maximum absolute atomic E-state index is 12.4. The lowest BCUT2D eigenvalue weighted by atomic mass is 10.1. The number of aromatic nitrogens is 3. The van der Waals surface area contributed by atoms with Crippen LogP contribution in [0.4, 0.5) is 5.69 Å². The summed E-state index contributed by atoms with van der Waals surface area (Å²) in [6, 6.07) is 16.7. The fourth-order valence-corrected chi connectivity index (χ4v) is 4.71. The molecular weight excluding hydrogens is 380 g/mol. The Labute approximate surface area is 175 Å². The zero-order chi connectivity index (χ0) is 20.4. The number of benzene rings is 2. The Morgan fingerprint density at radius 2 is 1.83 bits per heavy atom. The van der Waals surface area contributed by atoms with Gasteiger partial charge in [0.2, 0.25) is 5.91 Å². The summed E-state index contributed by atoms with van der Waals surface area (Å²) in [6.45, 7) is 6.97. The second kappa shape index (κ2) is 8.41. The van der Waals surface area contributed by atoms with Gasteiger partial charge in [-0.25, -0.2) is 0 Å². The zero-order valence-electron chi connectivity index (χ0n) is 17.1. The number of carbonyl (C=O) groups excluding carboxylic acids is 1. The van der Waals surface area contributed by atoms with Crippen molar-refractivity contribution in [2.75, 3.05) is 11.1 Å². The van der Waals surface area contributed by atoms with E-state index in [1.165, 1.54) is 17.3 Å². The summed E-state index contributed by atoms with van der Waals surface area (Å²) < 4.78 is 2.16. The van der Waals surface area contributed by atoms with Gasteiger partial charge in [-0.15, -0.1) is 10.2 Å². The Morgan fingerprint density at radius 1 is 1.10 bits per heavy atom. The minimum atomic E-state index is -0.0270. The molecule has 1 heterocycles. The number of anilines is 1. The molecule has 5 nitrogen and oxygen atoms in total. The molecule has 4 rings (SSSR count). The fraction of sp³-hybridized carbons (Fsp3) is 0.348. The van der Waals surface area contributed by atoms with Crippen LogP contribution in [-0.2, 0) is 11.3 Å². The number of nitrogens with one attached hydrogen (secondary N) is 1. The average molecular weight is 407 g/mol. The summed E-state index contributed by atoms with van der Waals surface area (Å²) >= 11 is 1.45. The highest BCUT2D eigenvalue weighted by molar-refractivity contribution is 7.99. The smallest absolute Gasteiger partial charge is 0.234 e. The van der Waals surface area contributed by atoms with Gasteiger partial charge in [0, 0.05) is 18.2 Å². The van der Waals surface area contributed by atoms with Gasteiger partial charge in [-0.2, -0.15) is 0 Å². The third kappa shape index (κ3) is 4.53. The summed E-state index contributed by atoms with van der Waals surface area (Å²) in [5, 5.41) is 12.7. The first-order valence-electron chi connectivity index (χ1n) is 10.0. The van der Waals surface area contributed by atoms with Gasteiger partial charge in [-0.1, -0.05) is 48.2 Å². The van der Waals surface area contributed by atoms with Crippen molar-refractivity contribution in [3.8, 4) is 0 Å². The van der Waals surface area contributed by atoms with Crippen LogP contribution in [0.1, 0.15) is 47.7 Å². The zero-order valence-corrected chi connectivity index (χ0v) is 17.9. The highest BCUT2D eigenvalue weighted by atomic mass is 32.2. The van der Waals surface area contributed by atoms with Gasteiger partial charge >= 0.3 is 0 Å². The molecule has 150 valence electrons. The van der Waals surface area contributed by atoms with E-state index in [4.69, 9.17) is 0 Å².